The first kappa shape index (κ1) is 14.9. The van der Waals surface area contributed by atoms with Crippen LogP contribution < -0.4 is 4.74 Å². The Morgan fingerprint density at radius 2 is 2.23 bits per heavy atom. The number of piperidine rings is 1. The van der Waals surface area contributed by atoms with E-state index in [4.69, 9.17) is 9.84 Å². The fourth-order valence-corrected chi connectivity index (χ4v) is 3.31. The van der Waals surface area contributed by atoms with Gasteiger partial charge in [-0.15, -0.1) is 0 Å². The van der Waals surface area contributed by atoms with Gasteiger partial charge in [0.25, 0.3) is 5.91 Å². The highest BCUT2D eigenvalue weighted by atomic mass is 16.5. The minimum atomic E-state index is -0.762. The number of amides is 1. The van der Waals surface area contributed by atoms with Crippen molar-refractivity contribution in [2.24, 2.45) is 5.92 Å². The summed E-state index contributed by atoms with van der Waals surface area (Å²) in [6.07, 6.45) is 3.65. The van der Waals surface area contributed by atoms with Gasteiger partial charge in [0.1, 0.15) is 5.75 Å². The molecule has 0 aliphatic carbocycles. The average molecular weight is 303 g/mol. The second-order valence-corrected chi connectivity index (χ2v) is 6.11. The summed E-state index contributed by atoms with van der Waals surface area (Å²) in [7, 11) is 0. The van der Waals surface area contributed by atoms with Crippen molar-refractivity contribution in [2.45, 2.75) is 32.1 Å². The summed E-state index contributed by atoms with van der Waals surface area (Å²) >= 11 is 0. The monoisotopic (exact) mass is 303 g/mol. The summed E-state index contributed by atoms with van der Waals surface area (Å²) in [4.78, 5) is 25.2. The summed E-state index contributed by atoms with van der Waals surface area (Å²) in [5, 5.41) is 8.79. The van der Waals surface area contributed by atoms with Crippen LogP contribution >= 0.6 is 0 Å². The number of likely N-dealkylation sites (tertiary alicyclic amines) is 1. The highest BCUT2D eigenvalue weighted by Gasteiger charge is 2.25. The van der Waals surface area contributed by atoms with Gasteiger partial charge in [0.15, 0.2) is 0 Å². The van der Waals surface area contributed by atoms with Gasteiger partial charge < -0.3 is 14.7 Å². The first-order valence-corrected chi connectivity index (χ1v) is 7.90. The van der Waals surface area contributed by atoms with Gasteiger partial charge in [-0.1, -0.05) is 0 Å². The van der Waals surface area contributed by atoms with Crippen molar-refractivity contribution in [3.8, 4) is 5.75 Å². The van der Waals surface area contributed by atoms with Gasteiger partial charge in [-0.2, -0.15) is 0 Å². The average Bonchev–Trinajstić information content (AvgIpc) is 3.00. The second kappa shape index (κ2) is 6.38. The Kier molecular flexibility index (Phi) is 4.32. The number of benzene rings is 1. The molecule has 0 spiro atoms. The summed E-state index contributed by atoms with van der Waals surface area (Å²) in [6.45, 7) is 2.11. The minimum absolute atomic E-state index is 0.0507. The third-order valence-corrected chi connectivity index (χ3v) is 4.51. The molecule has 1 amide bonds. The van der Waals surface area contributed by atoms with E-state index in [1.54, 1.807) is 0 Å². The van der Waals surface area contributed by atoms with Crippen molar-refractivity contribution in [1.29, 1.82) is 0 Å². The van der Waals surface area contributed by atoms with Crippen LogP contribution in [0.4, 0.5) is 0 Å². The lowest BCUT2D eigenvalue weighted by Gasteiger charge is -2.32. The Morgan fingerprint density at radius 1 is 1.36 bits per heavy atom. The third kappa shape index (κ3) is 3.24. The number of rotatable bonds is 4. The number of nitrogens with zero attached hydrogens (tertiary/aromatic N) is 1. The van der Waals surface area contributed by atoms with E-state index >= 15 is 0 Å². The van der Waals surface area contributed by atoms with E-state index in [-0.39, 0.29) is 12.3 Å². The number of aliphatic carboxylic acids is 1. The van der Waals surface area contributed by atoms with Gasteiger partial charge in [-0.05, 0) is 48.9 Å². The highest BCUT2D eigenvalue weighted by molar-refractivity contribution is 5.94. The Balaban J connectivity index is 1.65. The molecule has 2 heterocycles. The van der Waals surface area contributed by atoms with Crippen molar-refractivity contribution in [3.63, 3.8) is 0 Å². The Hall–Kier alpha value is -2.04. The van der Waals surface area contributed by atoms with Crippen molar-refractivity contribution >= 4 is 11.9 Å². The Morgan fingerprint density at radius 3 is 3.05 bits per heavy atom. The normalized spacial score (nSPS) is 20.4. The van der Waals surface area contributed by atoms with Gasteiger partial charge in [-0.3, -0.25) is 9.59 Å². The molecule has 3 rings (SSSR count). The van der Waals surface area contributed by atoms with E-state index in [2.05, 4.69) is 0 Å². The van der Waals surface area contributed by atoms with Crippen LogP contribution in [0.15, 0.2) is 18.2 Å². The zero-order valence-corrected chi connectivity index (χ0v) is 12.6. The molecule has 22 heavy (non-hydrogen) atoms. The molecule has 2 aliphatic heterocycles. The van der Waals surface area contributed by atoms with Gasteiger partial charge in [0, 0.05) is 31.5 Å². The Labute approximate surface area is 129 Å². The SMILES string of the molecule is O=C(O)CC[C@@H]1CCCN(C(=O)c2ccc3c(c2)CCO3)C1. The lowest BCUT2D eigenvalue weighted by atomic mass is 9.93. The predicted octanol–water partition coefficient (Wildman–Crippen LogP) is 2.34. The van der Waals surface area contributed by atoms with E-state index < -0.39 is 5.97 Å². The fraction of sp³-hybridized carbons (Fsp3) is 0.529. The molecule has 118 valence electrons. The summed E-state index contributed by atoms with van der Waals surface area (Å²) in [5.74, 6) is 0.470. The number of carboxylic acid groups (broad SMARTS) is 1. The zero-order chi connectivity index (χ0) is 15.5. The van der Waals surface area contributed by atoms with E-state index in [0.29, 0.717) is 31.1 Å². The van der Waals surface area contributed by atoms with E-state index in [0.717, 1.165) is 37.1 Å². The number of hydrogen-bond acceptors (Lipinski definition) is 3. The van der Waals surface area contributed by atoms with Crippen LogP contribution in [-0.4, -0.2) is 41.6 Å². The number of fused-ring (bicyclic) bond motifs is 1. The van der Waals surface area contributed by atoms with Gasteiger partial charge >= 0.3 is 5.97 Å². The molecule has 0 radical (unpaired) electrons. The molecular formula is C17H21NO4. The van der Waals surface area contributed by atoms with Gasteiger partial charge in [0.05, 0.1) is 6.61 Å². The number of hydrogen-bond donors (Lipinski definition) is 1. The predicted molar refractivity (Wildman–Crippen MR) is 81.1 cm³/mol. The first-order valence-electron chi connectivity index (χ1n) is 7.90. The summed E-state index contributed by atoms with van der Waals surface area (Å²) < 4.78 is 5.47. The van der Waals surface area contributed by atoms with Crippen LogP contribution in [0.25, 0.3) is 0 Å². The fourth-order valence-electron chi connectivity index (χ4n) is 3.31. The second-order valence-electron chi connectivity index (χ2n) is 6.11. The van der Waals surface area contributed by atoms with E-state index in [9.17, 15) is 9.59 Å². The first-order chi connectivity index (χ1) is 10.6. The number of carbonyl (C=O) groups is 2. The molecule has 1 aromatic carbocycles. The van der Waals surface area contributed by atoms with Crippen LogP contribution in [0.2, 0.25) is 0 Å². The molecule has 1 atom stereocenters. The third-order valence-electron chi connectivity index (χ3n) is 4.51. The van der Waals surface area contributed by atoms with Crippen molar-refractivity contribution in [1.82, 2.24) is 4.90 Å². The zero-order valence-electron chi connectivity index (χ0n) is 12.6. The molecule has 0 unspecified atom stereocenters. The minimum Gasteiger partial charge on any atom is -0.493 e. The Bertz CT molecular complexity index is 584. The molecule has 1 aromatic rings. The molecule has 0 aromatic heterocycles. The molecule has 0 bridgehead atoms. The van der Waals surface area contributed by atoms with Gasteiger partial charge in [-0.25, -0.2) is 0 Å². The molecule has 1 saturated heterocycles. The molecular weight excluding hydrogens is 282 g/mol. The van der Waals surface area contributed by atoms with Crippen molar-refractivity contribution < 1.29 is 19.4 Å². The molecule has 1 N–H and O–H groups in total. The summed E-state index contributed by atoms with van der Waals surface area (Å²) in [6, 6.07) is 5.64. The van der Waals surface area contributed by atoms with Crippen molar-refractivity contribution in [2.75, 3.05) is 19.7 Å². The quantitative estimate of drug-likeness (QED) is 0.927. The van der Waals surface area contributed by atoms with E-state index in [1.165, 1.54) is 0 Å². The van der Waals surface area contributed by atoms with Crippen LogP contribution in [0.5, 0.6) is 5.75 Å². The lowest BCUT2D eigenvalue weighted by Crippen LogP contribution is -2.40. The van der Waals surface area contributed by atoms with E-state index in [1.807, 2.05) is 23.1 Å². The smallest absolute Gasteiger partial charge is 0.303 e. The van der Waals surface area contributed by atoms with Crippen molar-refractivity contribution in [3.05, 3.63) is 29.3 Å². The maximum absolute atomic E-state index is 12.7. The maximum Gasteiger partial charge on any atom is 0.303 e. The standard InChI is InChI=1S/C17H21NO4/c19-16(20)6-3-12-2-1-8-18(11-12)17(21)14-4-5-15-13(10-14)7-9-22-15/h4-5,10,12H,1-3,6-9,11H2,(H,19,20)/t12-/m0/s1. The van der Waals surface area contributed by atoms with Crippen LogP contribution in [0, 0.1) is 5.92 Å². The largest absolute Gasteiger partial charge is 0.493 e. The number of ether oxygens (including phenoxy) is 1. The topological polar surface area (TPSA) is 66.8 Å². The summed E-state index contributed by atoms with van der Waals surface area (Å²) in [5.41, 5.74) is 1.81. The van der Waals surface area contributed by atoms with Crippen LogP contribution in [0.3, 0.4) is 0 Å². The molecule has 0 saturated carbocycles. The molecule has 2 aliphatic rings. The molecule has 5 heteroatoms. The molecule has 1 fully saturated rings. The maximum atomic E-state index is 12.7. The number of carbonyl (C=O) groups excluding carboxylic acids is 1. The van der Waals surface area contributed by atoms with Crippen LogP contribution in [-0.2, 0) is 11.2 Å². The van der Waals surface area contributed by atoms with Gasteiger partial charge in [0.2, 0.25) is 0 Å². The van der Waals surface area contributed by atoms with Crippen LogP contribution in [0.1, 0.15) is 41.6 Å². The molecule has 5 nitrogen and oxygen atoms in total. The lowest BCUT2D eigenvalue weighted by molar-refractivity contribution is -0.137. The number of carboxylic acids is 1. The highest BCUT2D eigenvalue weighted by Crippen LogP contribution is 2.28.